The number of hydrogen-bond acceptors (Lipinski definition) is 12. The number of carbonyl (C=O) groups excluding carboxylic acids is 1. The molecule has 0 amide bonds. The van der Waals surface area contributed by atoms with Crippen molar-refractivity contribution in [1.29, 1.82) is 0 Å². The summed E-state index contributed by atoms with van der Waals surface area (Å²) in [6.07, 6.45) is -8.84. The van der Waals surface area contributed by atoms with E-state index in [-0.39, 0.29) is 34.0 Å². The lowest BCUT2D eigenvalue weighted by atomic mass is 9.99. The molecule has 5 N–H and O–H groups in total. The van der Waals surface area contributed by atoms with Crippen molar-refractivity contribution in [2.24, 2.45) is 0 Å². The van der Waals surface area contributed by atoms with Gasteiger partial charge in [0.25, 0.3) is 0 Å². The summed E-state index contributed by atoms with van der Waals surface area (Å²) < 4.78 is 26.4. The Morgan fingerprint density at radius 3 is 2.29 bits per heavy atom. The van der Waals surface area contributed by atoms with Crippen LogP contribution in [0, 0.1) is 0 Å². The van der Waals surface area contributed by atoms with E-state index >= 15 is 0 Å². The van der Waals surface area contributed by atoms with Crippen LogP contribution in [0.1, 0.15) is 0 Å². The number of aromatic hydroxyl groups is 2. The van der Waals surface area contributed by atoms with Gasteiger partial charge in [-0.2, -0.15) is 0 Å². The molecule has 12 nitrogen and oxygen atoms in total. The van der Waals surface area contributed by atoms with Gasteiger partial charge in [0.15, 0.2) is 23.0 Å². The standard InChI is InChI=1S/C23H22O12/c1-31-20-14(34-23-19(29)17(27)18(28)21(35-23)22(30)32-2)8-13-15(16(20)26)11(25)7-12(33-13)9-3-5-10(24)6-4-9/h3-8,17-19,21,23-24,26-29H,1-2H3/t17-,18-,19+,21-,23+/m0/s1. The summed E-state index contributed by atoms with van der Waals surface area (Å²) in [6.45, 7) is 0. The highest BCUT2D eigenvalue weighted by atomic mass is 16.7. The largest absolute Gasteiger partial charge is 0.508 e. The second-order valence-corrected chi connectivity index (χ2v) is 7.69. The number of aliphatic hydroxyl groups excluding tert-OH is 3. The third-order valence-electron chi connectivity index (χ3n) is 5.51. The van der Waals surface area contributed by atoms with Crippen LogP contribution in [0.3, 0.4) is 0 Å². The number of aliphatic hydroxyl groups is 3. The Kier molecular flexibility index (Phi) is 6.54. The highest BCUT2D eigenvalue weighted by Crippen LogP contribution is 2.43. The molecule has 1 aliphatic rings. The van der Waals surface area contributed by atoms with Crippen LogP contribution in [-0.4, -0.2) is 76.4 Å². The SMILES string of the molecule is COC(=O)[C@H]1O[C@@H](Oc2cc3oc(-c4ccc(O)cc4)cc(=O)c3c(O)c2OC)[C@H](O)[C@@H](O)[C@@H]1O. The Bertz CT molecular complexity index is 1300. The molecule has 0 spiro atoms. The zero-order valence-corrected chi connectivity index (χ0v) is 18.4. The number of ether oxygens (including phenoxy) is 4. The molecule has 0 unspecified atom stereocenters. The first-order valence-corrected chi connectivity index (χ1v) is 10.3. The zero-order valence-electron chi connectivity index (χ0n) is 18.4. The van der Waals surface area contributed by atoms with Gasteiger partial charge in [-0.05, 0) is 24.3 Å². The van der Waals surface area contributed by atoms with Crippen LogP contribution in [0.25, 0.3) is 22.3 Å². The number of rotatable bonds is 5. The summed E-state index contributed by atoms with van der Waals surface area (Å²) in [6, 6.07) is 8.19. The fraction of sp³-hybridized carbons (Fsp3) is 0.304. The van der Waals surface area contributed by atoms with Crippen LogP contribution in [0.4, 0.5) is 0 Å². The molecule has 1 fully saturated rings. The van der Waals surface area contributed by atoms with E-state index in [2.05, 4.69) is 4.74 Å². The number of phenols is 2. The van der Waals surface area contributed by atoms with Gasteiger partial charge in [0.05, 0.1) is 14.2 Å². The smallest absolute Gasteiger partial charge is 0.337 e. The predicted molar refractivity (Wildman–Crippen MR) is 117 cm³/mol. The Labute approximate surface area is 197 Å². The summed E-state index contributed by atoms with van der Waals surface area (Å²) >= 11 is 0. The third kappa shape index (κ3) is 4.35. The first-order valence-electron chi connectivity index (χ1n) is 10.3. The van der Waals surface area contributed by atoms with Crippen LogP contribution in [0.15, 0.2) is 45.6 Å². The Morgan fingerprint density at radius 1 is 0.971 bits per heavy atom. The maximum absolute atomic E-state index is 12.8. The topological polar surface area (TPSA) is 185 Å². The Hall–Kier alpha value is -3.84. The molecule has 186 valence electrons. The average molecular weight is 490 g/mol. The highest BCUT2D eigenvalue weighted by molar-refractivity contribution is 5.89. The quantitative estimate of drug-likeness (QED) is 0.307. The van der Waals surface area contributed by atoms with Gasteiger partial charge in [-0.3, -0.25) is 4.79 Å². The van der Waals surface area contributed by atoms with Crippen molar-refractivity contribution in [3.8, 4) is 34.3 Å². The Balaban J connectivity index is 1.78. The molecule has 0 aliphatic carbocycles. The predicted octanol–water partition coefficient (Wildman–Crippen LogP) is 0.239. The maximum atomic E-state index is 12.8. The van der Waals surface area contributed by atoms with Gasteiger partial charge in [-0.25, -0.2) is 4.79 Å². The summed E-state index contributed by atoms with van der Waals surface area (Å²) in [4.78, 5) is 24.7. The lowest BCUT2D eigenvalue weighted by molar-refractivity contribution is -0.272. The maximum Gasteiger partial charge on any atom is 0.337 e. The van der Waals surface area contributed by atoms with Crippen LogP contribution < -0.4 is 14.9 Å². The molecule has 35 heavy (non-hydrogen) atoms. The van der Waals surface area contributed by atoms with Crippen molar-refractivity contribution in [3.63, 3.8) is 0 Å². The van der Waals surface area contributed by atoms with Gasteiger partial charge in [-0.15, -0.1) is 0 Å². The van der Waals surface area contributed by atoms with Crippen molar-refractivity contribution >= 4 is 16.9 Å². The van der Waals surface area contributed by atoms with Crippen molar-refractivity contribution in [3.05, 3.63) is 46.6 Å². The number of benzene rings is 2. The molecular weight excluding hydrogens is 468 g/mol. The van der Waals surface area contributed by atoms with E-state index < -0.39 is 47.9 Å². The van der Waals surface area contributed by atoms with Crippen molar-refractivity contribution < 1.29 is 53.7 Å². The van der Waals surface area contributed by atoms with E-state index in [1.54, 1.807) is 0 Å². The minimum atomic E-state index is -1.84. The number of methoxy groups -OCH3 is 2. The number of fused-ring (bicyclic) bond motifs is 1. The second kappa shape index (κ2) is 9.43. The second-order valence-electron chi connectivity index (χ2n) is 7.69. The molecule has 12 heteroatoms. The molecule has 5 atom stereocenters. The molecule has 0 saturated carbocycles. The normalized spacial score (nSPS) is 24.2. The van der Waals surface area contributed by atoms with Gasteiger partial charge in [0, 0.05) is 17.7 Å². The molecule has 4 rings (SSSR count). The summed E-state index contributed by atoms with van der Waals surface area (Å²) in [7, 11) is 2.23. The third-order valence-corrected chi connectivity index (χ3v) is 5.51. The number of esters is 1. The first-order chi connectivity index (χ1) is 16.7. The van der Waals surface area contributed by atoms with Gasteiger partial charge in [0.2, 0.25) is 12.0 Å². The molecule has 1 aromatic heterocycles. The lowest BCUT2D eigenvalue weighted by Gasteiger charge is -2.38. The van der Waals surface area contributed by atoms with Gasteiger partial charge >= 0.3 is 5.97 Å². The van der Waals surface area contributed by atoms with Crippen LogP contribution in [-0.2, 0) is 14.3 Å². The summed E-state index contributed by atoms with van der Waals surface area (Å²) in [5.41, 5.74) is -0.261. The number of phenolic OH excluding ortho intramolecular Hbond substituents is 2. The summed E-state index contributed by atoms with van der Waals surface area (Å²) in [5.74, 6) is -2.08. The van der Waals surface area contributed by atoms with Crippen LogP contribution in [0.5, 0.6) is 23.0 Å². The fourth-order valence-corrected chi connectivity index (χ4v) is 3.70. The van der Waals surface area contributed by atoms with Crippen molar-refractivity contribution in [1.82, 2.24) is 0 Å². The first kappa shape index (κ1) is 24.3. The van der Waals surface area contributed by atoms with E-state index in [9.17, 15) is 35.1 Å². The van der Waals surface area contributed by atoms with Crippen molar-refractivity contribution in [2.45, 2.75) is 30.7 Å². The highest BCUT2D eigenvalue weighted by Gasteiger charge is 2.48. The molecular formula is C23H22O12. The van der Waals surface area contributed by atoms with E-state index in [1.165, 1.54) is 37.4 Å². The van der Waals surface area contributed by atoms with Gasteiger partial charge < -0.3 is 48.9 Å². The van der Waals surface area contributed by atoms with E-state index in [4.69, 9.17) is 18.6 Å². The minimum Gasteiger partial charge on any atom is -0.508 e. The molecule has 2 aromatic carbocycles. The van der Waals surface area contributed by atoms with E-state index in [0.717, 1.165) is 13.2 Å². The molecule has 0 radical (unpaired) electrons. The minimum absolute atomic E-state index is 0.0126. The zero-order chi connectivity index (χ0) is 25.4. The molecule has 0 bridgehead atoms. The van der Waals surface area contributed by atoms with Crippen LogP contribution >= 0.6 is 0 Å². The van der Waals surface area contributed by atoms with E-state index in [1.807, 2.05) is 0 Å². The molecule has 1 aliphatic heterocycles. The molecule has 2 heterocycles. The lowest BCUT2D eigenvalue weighted by Crippen LogP contribution is -2.61. The number of carbonyl (C=O) groups is 1. The van der Waals surface area contributed by atoms with Crippen molar-refractivity contribution in [2.75, 3.05) is 14.2 Å². The van der Waals surface area contributed by atoms with E-state index in [0.29, 0.717) is 5.56 Å². The average Bonchev–Trinajstić information content (AvgIpc) is 2.84. The molecule has 3 aromatic rings. The number of hydrogen-bond donors (Lipinski definition) is 5. The van der Waals surface area contributed by atoms with Crippen LogP contribution in [0.2, 0.25) is 0 Å². The van der Waals surface area contributed by atoms with Gasteiger partial charge in [0.1, 0.15) is 40.8 Å². The summed E-state index contributed by atoms with van der Waals surface area (Å²) in [5, 5.41) is 50.5. The Morgan fingerprint density at radius 2 is 1.66 bits per heavy atom. The monoisotopic (exact) mass is 490 g/mol. The fourth-order valence-electron chi connectivity index (χ4n) is 3.70. The molecule has 1 saturated heterocycles. The van der Waals surface area contributed by atoms with Gasteiger partial charge in [-0.1, -0.05) is 0 Å².